The quantitative estimate of drug-likeness (QED) is 0.768. The summed E-state index contributed by atoms with van der Waals surface area (Å²) < 4.78 is 4.91. The number of methoxy groups -OCH3 is 1. The second kappa shape index (κ2) is 4.78. The number of nitrogens with zero attached hydrogens (tertiary/aromatic N) is 1. The maximum atomic E-state index is 10.9. The fourth-order valence-electron chi connectivity index (χ4n) is 0.734. The molecule has 0 spiro atoms. The largest absolute Gasteiger partial charge is 0.379 e. The Labute approximate surface area is 80.1 Å². The molecule has 1 heterocycles. The van der Waals surface area contributed by atoms with Crippen molar-refractivity contribution in [3.63, 3.8) is 0 Å². The smallest absolute Gasteiger partial charge is 0.320 e. The molecule has 0 fully saturated rings. The Morgan fingerprint density at radius 2 is 2.54 bits per heavy atom. The number of anilines is 1. The van der Waals surface area contributed by atoms with Gasteiger partial charge in [0, 0.05) is 20.4 Å². The van der Waals surface area contributed by atoms with Crippen LogP contribution >= 0.6 is 11.3 Å². The Kier molecular flexibility index (Phi) is 3.66. The number of nitrogens with one attached hydrogen (secondary N) is 2. The van der Waals surface area contributed by atoms with Crippen molar-refractivity contribution in [3.05, 3.63) is 11.1 Å². The highest BCUT2D eigenvalue weighted by molar-refractivity contribution is 7.15. The Bertz CT molecular complexity index is 287. The van der Waals surface area contributed by atoms with Gasteiger partial charge in [-0.1, -0.05) is 11.3 Å². The summed E-state index contributed by atoms with van der Waals surface area (Å²) in [5.74, 6) is 0. The molecule has 0 radical (unpaired) electrons. The summed E-state index contributed by atoms with van der Waals surface area (Å²) >= 11 is 1.39. The lowest BCUT2D eigenvalue weighted by atomic mass is 10.6. The number of carbonyl (C=O) groups excluding carboxylic acids is 1. The van der Waals surface area contributed by atoms with Gasteiger partial charge in [0.05, 0.1) is 11.5 Å². The van der Waals surface area contributed by atoms with E-state index in [-0.39, 0.29) is 6.03 Å². The van der Waals surface area contributed by atoms with Crippen LogP contribution in [0.2, 0.25) is 0 Å². The predicted molar refractivity (Wildman–Crippen MR) is 50.9 cm³/mol. The van der Waals surface area contributed by atoms with Gasteiger partial charge in [0.2, 0.25) is 0 Å². The summed E-state index contributed by atoms with van der Waals surface area (Å²) in [5.41, 5.74) is 0. The number of rotatable bonds is 3. The molecule has 2 N–H and O–H groups in total. The van der Waals surface area contributed by atoms with Crippen LogP contribution in [-0.4, -0.2) is 25.2 Å². The maximum Gasteiger partial charge on any atom is 0.320 e. The van der Waals surface area contributed by atoms with Gasteiger partial charge in [0.15, 0.2) is 5.13 Å². The molecular weight excluding hydrogens is 190 g/mol. The Morgan fingerprint density at radius 3 is 3.15 bits per heavy atom. The minimum atomic E-state index is -0.265. The van der Waals surface area contributed by atoms with Crippen LogP contribution in [0.25, 0.3) is 0 Å². The highest BCUT2D eigenvalue weighted by atomic mass is 32.1. The van der Waals surface area contributed by atoms with Gasteiger partial charge < -0.3 is 10.1 Å². The van der Waals surface area contributed by atoms with Crippen molar-refractivity contribution in [2.75, 3.05) is 19.5 Å². The number of thiazole rings is 1. The van der Waals surface area contributed by atoms with Gasteiger partial charge in [0.25, 0.3) is 0 Å². The van der Waals surface area contributed by atoms with E-state index in [1.54, 1.807) is 20.4 Å². The van der Waals surface area contributed by atoms with Crippen molar-refractivity contribution < 1.29 is 9.53 Å². The van der Waals surface area contributed by atoms with Crippen molar-refractivity contribution in [1.82, 2.24) is 10.3 Å². The molecule has 0 atom stereocenters. The molecular formula is C7H11N3O2S. The summed E-state index contributed by atoms with van der Waals surface area (Å²) in [6, 6.07) is -0.265. The Morgan fingerprint density at radius 1 is 1.77 bits per heavy atom. The second-order valence-electron chi connectivity index (χ2n) is 2.27. The van der Waals surface area contributed by atoms with Crippen LogP contribution in [0.1, 0.15) is 4.88 Å². The average molecular weight is 201 g/mol. The van der Waals surface area contributed by atoms with Crippen LogP contribution < -0.4 is 10.6 Å². The van der Waals surface area contributed by atoms with E-state index in [0.29, 0.717) is 11.7 Å². The van der Waals surface area contributed by atoms with Gasteiger partial charge >= 0.3 is 6.03 Å². The lowest BCUT2D eigenvalue weighted by molar-refractivity contribution is 0.187. The van der Waals surface area contributed by atoms with Gasteiger partial charge in [-0.2, -0.15) is 0 Å². The normalized spacial score (nSPS) is 9.69. The topological polar surface area (TPSA) is 63.2 Å². The molecule has 5 nitrogen and oxygen atoms in total. The molecule has 72 valence electrons. The van der Waals surface area contributed by atoms with Crippen molar-refractivity contribution in [2.24, 2.45) is 0 Å². The fraction of sp³-hybridized carbons (Fsp3) is 0.429. The third-order valence-electron chi connectivity index (χ3n) is 1.29. The monoisotopic (exact) mass is 201 g/mol. The first-order valence-electron chi connectivity index (χ1n) is 3.68. The summed E-state index contributed by atoms with van der Waals surface area (Å²) in [6.45, 7) is 0.521. The third kappa shape index (κ3) is 3.00. The molecule has 0 saturated heterocycles. The van der Waals surface area contributed by atoms with Crippen LogP contribution in [0.3, 0.4) is 0 Å². The van der Waals surface area contributed by atoms with E-state index in [2.05, 4.69) is 15.6 Å². The fourth-order valence-corrected chi connectivity index (χ4v) is 1.51. The third-order valence-corrected chi connectivity index (χ3v) is 2.17. The van der Waals surface area contributed by atoms with Crippen LogP contribution in [0.5, 0.6) is 0 Å². The summed E-state index contributed by atoms with van der Waals surface area (Å²) in [6.07, 6.45) is 1.68. The van der Waals surface area contributed by atoms with Crippen molar-refractivity contribution in [3.8, 4) is 0 Å². The molecule has 1 aromatic heterocycles. The maximum absolute atomic E-state index is 10.9. The lowest BCUT2D eigenvalue weighted by Crippen LogP contribution is -2.24. The second-order valence-corrected chi connectivity index (χ2v) is 3.38. The molecule has 0 aromatic carbocycles. The van der Waals surface area contributed by atoms with E-state index in [0.717, 1.165) is 4.88 Å². The minimum absolute atomic E-state index is 0.265. The lowest BCUT2D eigenvalue weighted by Gasteiger charge is -1.97. The zero-order chi connectivity index (χ0) is 9.68. The molecule has 0 aliphatic rings. The molecule has 13 heavy (non-hydrogen) atoms. The molecule has 0 bridgehead atoms. The van der Waals surface area contributed by atoms with E-state index >= 15 is 0 Å². The van der Waals surface area contributed by atoms with Crippen molar-refractivity contribution in [2.45, 2.75) is 6.61 Å². The van der Waals surface area contributed by atoms with Crippen molar-refractivity contribution in [1.29, 1.82) is 0 Å². The van der Waals surface area contributed by atoms with Crippen molar-refractivity contribution >= 4 is 22.5 Å². The van der Waals surface area contributed by atoms with E-state index in [1.165, 1.54) is 11.3 Å². The van der Waals surface area contributed by atoms with Crippen LogP contribution in [0, 0.1) is 0 Å². The molecule has 0 saturated carbocycles. The highest BCUT2D eigenvalue weighted by Crippen LogP contribution is 2.18. The molecule has 0 aliphatic carbocycles. The molecule has 6 heteroatoms. The predicted octanol–water partition coefficient (Wildman–Crippen LogP) is 1.04. The van der Waals surface area contributed by atoms with Crippen LogP contribution in [0.4, 0.5) is 9.93 Å². The van der Waals surface area contributed by atoms with Crippen LogP contribution in [-0.2, 0) is 11.3 Å². The number of hydrogen-bond donors (Lipinski definition) is 2. The number of amides is 2. The number of ether oxygens (including phenoxy) is 1. The van der Waals surface area contributed by atoms with Gasteiger partial charge in [0.1, 0.15) is 0 Å². The first-order chi connectivity index (χ1) is 6.26. The number of aromatic nitrogens is 1. The standard InChI is InChI=1S/C7H11N3O2S/c1-8-6(11)10-7-9-3-5(13-7)4-12-2/h3H,4H2,1-2H3,(H2,8,9,10,11). The first kappa shape index (κ1) is 9.94. The summed E-state index contributed by atoms with van der Waals surface area (Å²) in [4.78, 5) is 15.8. The average Bonchev–Trinajstić information content (AvgIpc) is 2.53. The minimum Gasteiger partial charge on any atom is -0.379 e. The zero-order valence-corrected chi connectivity index (χ0v) is 8.27. The summed E-state index contributed by atoms with van der Waals surface area (Å²) in [5, 5.41) is 5.59. The Hall–Kier alpha value is -1.14. The molecule has 2 amide bonds. The first-order valence-corrected chi connectivity index (χ1v) is 4.50. The number of carbonyl (C=O) groups is 1. The molecule has 1 aromatic rings. The van der Waals surface area contributed by atoms with E-state index in [1.807, 2.05) is 0 Å². The van der Waals surface area contributed by atoms with E-state index < -0.39 is 0 Å². The number of urea groups is 1. The van der Waals surface area contributed by atoms with Gasteiger partial charge in [-0.05, 0) is 0 Å². The van der Waals surface area contributed by atoms with E-state index in [4.69, 9.17) is 4.74 Å². The van der Waals surface area contributed by atoms with Crippen LogP contribution in [0.15, 0.2) is 6.20 Å². The highest BCUT2D eigenvalue weighted by Gasteiger charge is 2.03. The zero-order valence-electron chi connectivity index (χ0n) is 7.46. The molecule has 0 unspecified atom stereocenters. The van der Waals surface area contributed by atoms with Gasteiger partial charge in [-0.25, -0.2) is 9.78 Å². The summed E-state index contributed by atoms with van der Waals surface area (Å²) in [7, 11) is 3.17. The SMILES string of the molecule is CNC(=O)Nc1ncc(COC)s1. The molecule has 1 rings (SSSR count). The number of hydrogen-bond acceptors (Lipinski definition) is 4. The Balaban J connectivity index is 2.53. The van der Waals surface area contributed by atoms with Gasteiger partial charge in [-0.15, -0.1) is 0 Å². The van der Waals surface area contributed by atoms with E-state index in [9.17, 15) is 4.79 Å². The molecule has 0 aliphatic heterocycles. The van der Waals surface area contributed by atoms with Gasteiger partial charge in [-0.3, -0.25) is 5.32 Å².